The van der Waals surface area contributed by atoms with Gasteiger partial charge in [0.1, 0.15) is 0 Å². The van der Waals surface area contributed by atoms with Crippen molar-refractivity contribution in [2.45, 2.75) is 72.1 Å². The predicted molar refractivity (Wildman–Crippen MR) is 85.9 cm³/mol. The molecule has 0 bridgehead atoms. The maximum absolute atomic E-state index is 11.6. The Balaban J connectivity index is 4.05. The van der Waals surface area contributed by atoms with E-state index in [0.29, 0.717) is 0 Å². The van der Waals surface area contributed by atoms with Crippen molar-refractivity contribution in [1.82, 2.24) is 4.90 Å². The highest BCUT2D eigenvalue weighted by Gasteiger charge is 2.17. The molecule has 1 unspecified atom stereocenters. The van der Waals surface area contributed by atoms with E-state index in [1.807, 2.05) is 6.92 Å². The summed E-state index contributed by atoms with van der Waals surface area (Å²) in [4.78, 5) is 14.0. The number of ether oxygens (including phenoxy) is 1. The van der Waals surface area contributed by atoms with Crippen molar-refractivity contribution >= 4 is 5.97 Å². The van der Waals surface area contributed by atoms with Crippen LogP contribution in [0.2, 0.25) is 0 Å². The number of carbonyl (C=O) groups excluding carboxylic acids is 1. The van der Waals surface area contributed by atoms with Crippen LogP contribution in [-0.4, -0.2) is 37.6 Å². The number of esters is 1. The van der Waals surface area contributed by atoms with Gasteiger partial charge in [0.15, 0.2) is 0 Å². The maximum Gasteiger partial charge on any atom is 0.309 e. The second-order valence-electron chi connectivity index (χ2n) is 5.85. The minimum atomic E-state index is -0.0860. The molecule has 3 heteroatoms. The fraction of sp³-hybridized carbons (Fsp3) is 0.941. The third-order valence-electron chi connectivity index (χ3n) is 3.79. The van der Waals surface area contributed by atoms with E-state index in [-0.39, 0.29) is 11.9 Å². The molecule has 1 atom stereocenters. The molecular weight excluding hydrogens is 250 g/mol. The number of rotatable bonds is 13. The van der Waals surface area contributed by atoms with Crippen LogP contribution < -0.4 is 0 Å². The fourth-order valence-corrected chi connectivity index (χ4v) is 2.48. The van der Waals surface area contributed by atoms with Crippen molar-refractivity contribution in [3.63, 3.8) is 0 Å². The van der Waals surface area contributed by atoms with Gasteiger partial charge in [-0.05, 0) is 25.9 Å². The molecule has 0 aromatic rings. The molecule has 20 heavy (non-hydrogen) atoms. The van der Waals surface area contributed by atoms with Gasteiger partial charge in [0, 0.05) is 6.54 Å². The minimum absolute atomic E-state index is 0.0163. The lowest BCUT2D eigenvalue weighted by molar-refractivity contribution is -0.145. The van der Waals surface area contributed by atoms with Gasteiger partial charge in [0.05, 0.1) is 13.0 Å². The van der Waals surface area contributed by atoms with Crippen LogP contribution in [0.25, 0.3) is 0 Å². The zero-order valence-corrected chi connectivity index (χ0v) is 14.1. The lowest BCUT2D eigenvalue weighted by Gasteiger charge is -2.24. The van der Waals surface area contributed by atoms with Gasteiger partial charge in [-0.1, -0.05) is 59.3 Å². The Bertz CT molecular complexity index is 219. The molecule has 0 amide bonds. The molecule has 0 aliphatic rings. The van der Waals surface area contributed by atoms with Gasteiger partial charge in [0.2, 0.25) is 0 Å². The summed E-state index contributed by atoms with van der Waals surface area (Å²) >= 11 is 0. The molecule has 0 aromatic heterocycles. The van der Waals surface area contributed by atoms with E-state index in [2.05, 4.69) is 18.7 Å². The largest absolute Gasteiger partial charge is 0.469 e. The van der Waals surface area contributed by atoms with Gasteiger partial charge in [-0.25, -0.2) is 0 Å². The number of nitrogens with zero attached hydrogens (tertiary/aromatic N) is 1. The fourth-order valence-electron chi connectivity index (χ4n) is 2.48. The number of methoxy groups -OCH3 is 1. The van der Waals surface area contributed by atoms with Crippen LogP contribution in [0, 0.1) is 5.92 Å². The smallest absolute Gasteiger partial charge is 0.309 e. The molecule has 0 aliphatic carbocycles. The van der Waals surface area contributed by atoms with Crippen LogP contribution in [-0.2, 0) is 9.53 Å². The summed E-state index contributed by atoms with van der Waals surface area (Å²) in [5, 5.41) is 0. The first-order valence-corrected chi connectivity index (χ1v) is 8.45. The van der Waals surface area contributed by atoms with Crippen molar-refractivity contribution in [2.75, 3.05) is 26.7 Å². The van der Waals surface area contributed by atoms with Crippen molar-refractivity contribution < 1.29 is 9.53 Å². The van der Waals surface area contributed by atoms with Gasteiger partial charge in [-0.3, -0.25) is 4.79 Å². The average molecular weight is 285 g/mol. The molecule has 0 saturated carbocycles. The third-order valence-corrected chi connectivity index (χ3v) is 3.79. The first-order valence-electron chi connectivity index (χ1n) is 8.45. The van der Waals surface area contributed by atoms with Gasteiger partial charge in [-0.2, -0.15) is 0 Å². The van der Waals surface area contributed by atoms with E-state index in [9.17, 15) is 4.79 Å². The summed E-state index contributed by atoms with van der Waals surface area (Å²) in [6, 6.07) is 0. The molecule has 0 N–H and O–H groups in total. The van der Waals surface area contributed by atoms with Crippen molar-refractivity contribution in [3.8, 4) is 0 Å². The first kappa shape index (κ1) is 19.4. The second-order valence-corrected chi connectivity index (χ2v) is 5.85. The Morgan fingerprint density at radius 1 is 0.950 bits per heavy atom. The van der Waals surface area contributed by atoms with E-state index >= 15 is 0 Å². The zero-order chi connectivity index (χ0) is 15.2. The molecule has 0 spiro atoms. The van der Waals surface area contributed by atoms with Crippen LogP contribution >= 0.6 is 0 Å². The molecular formula is C17H35NO2. The molecule has 0 aliphatic heterocycles. The van der Waals surface area contributed by atoms with Crippen LogP contribution in [0.3, 0.4) is 0 Å². The first-order chi connectivity index (χ1) is 9.65. The van der Waals surface area contributed by atoms with Gasteiger partial charge < -0.3 is 9.64 Å². The molecule has 0 fully saturated rings. The van der Waals surface area contributed by atoms with Crippen LogP contribution in [0.1, 0.15) is 72.1 Å². The zero-order valence-electron chi connectivity index (χ0n) is 14.1. The Hall–Kier alpha value is -0.570. The van der Waals surface area contributed by atoms with E-state index < -0.39 is 0 Å². The van der Waals surface area contributed by atoms with E-state index in [4.69, 9.17) is 4.74 Å². The van der Waals surface area contributed by atoms with Crippen molar-refractivity contribution in [2.24, 2.45) is 5.92 Å². The number of hydrogen-bond acceptors (Lipinski definition) is 3. The normalized spacial score (nSPS) is 12.7. The summed E-state index contributed by atoms with van der Waals surface area (Å²) in [6.45, 7) is 9.52. The lowest BCUT2D eigenvalue weighted by atomic mass is 10.1. The number of unbranched alkanes of at least 4 members (excludes halogenated alkanes) is 6. The predicted octanol–water partition coefficient (Wildman–Crippen LogP) is 4.26. The third kappa shape index (κ3) is 10.2. The maximum atomic E-state index is 11.6. The summed E-state index contributed by atoms with van der Waals surface area (Å²) in [7, 11) is 1.48. The number of carbonyl (C=O) groups is 1. The topological polar surface area (TPSA) is 29.5 Å². The molecule has 120 valence electrons. The highest BCUT2D eigenvalue weighted by molar-refractivity contribution is 5.72. The van der Waals surface area contributed by atoms with Crippen LogP contribution in [0.15, 0.2) is 0 Å². The van der Waals surface area contributed by atoms with E-state index in [0.717, 1.165) is 19.6 Å². The number of hydrogen-bond donors (Lipinski definition) is 0. The summed E-state index contributed by atoms with van der Waals surface area (Å²) in [5.74, 6) is -0.102. The van der Waals surface area contributed by atoms with E-state index in [1.165, 1.54) is 58.5 Å². The summed E-state index contributed by atoms with van der Waals surface area (Å²) in [5.41, 5.74) is 0. The molecule has 0 heterocycles. The Kier molecular flexibility index (Phi) is 13.0. The van der Waals surface area contributed by atoms with E-state index in [1.54, 1.807) is 0 Å². The lowest BCUT2D eigenvalue weighted by Crippen LogP contribution is -2.34. The van der Waals surface area contributed by atoms with Crippen LogP contribution in [0.4, 0.5) is 0 Å². The van der Waals surface area contributed by atoms with Crippen LogP contribution in [0.5, 0.6) is 0 Å². The van der Waals surface area contributed by atoms with Gasteiger partial charge in [-0.15, -0.1) is 0 Å². The Morgan fingerprint density at radius 3 is 1.85 bits per heavy atom. The molecule has 0 radical (unpaired) electrons. The van der Waals surface area contributed by atoms with Gasteiger partial charge >= 0.3 is 5.97 Å². The highest BCUT2D eigenvalue weighted by Crippen LogP contribution is 2.09. The molecule has 0 aromatic carbocycles. The Morgan fingerprint density at radius 2 is 1.45 bits per heavy atom. The summed E-state index contributed by atoms with van der Waals surface area (Å²) in [6.07, 6.45) is 10.3. The second kappa shape index (κ2) is 13.4. The minimum Gasteiger partial charge on any atom is -0.469 e. The van der Waals surface area contributed by atoms with Crippen molar-refractivity contribution in [1.29, 1.82) is 0 Å². The standard InChI is InChI=1S/C17H35NO2/c1-5-7-9-11-13-18(14-12-10-8-6-2)15-16(3)17(19)20-4/h16H,5-15H2,1-4H3. The molecule has 3 nitrogen and oxygen atoms in total. The highest BCUT2D eigenvalue weighted by atomic mass is 16.5. The molecule has 0 saturated heterocycles. The molecule has 0 rings (SSSR count). The Labute approximate surface area is 126 Å². The quantitative estimate of drug-likeness (QED) is 0.374. The SMILES string of the molecule is CCCCCCN(CCCCCC)CC(C)C(=O)OC. The monoisotopic (exact) mass is 285 g/mol. The van der Waals surface area contributed by atoms with Gasteiger partial charge in [0.25, 0.3) is 0 Å². The summed E-state index contributed by atoms with van der Waals surface area (Å²) < 4.78 is 4.83. The average Bonchev–Trinajstić information content (AvgIpc) is 2.46. The van der Waals surface area contributed by atoms with Crippen molar-refractivity contribution in [3.05, 3.63) is 0 Å².